The zero-order chi connectivity index (χ0) is 19.9. The summed E-state index contributed by atoms with van der Waals surface area (Å²) in [5, 5.41) is 2.50. The Hall–Kier alpha value is -3.61. The van der Waals surface area contributed by atoms with Crippen molar-refractivity contribution in [2.45, 2.75) is 19.9 Å². The highest BCUT2D eigenvalue weighted by molar-refractivity contribution is 5.97. The average Bonchev–Trinajstić information content (AvgIpc) is 3.00. The molecule has 28 heavy (non-hydrogen) atoms. The molecule has 0 unspecified atom stereocenters. The molecule has 2 N–H and O–H groups in total. The van der Waals surface area contributed by atoms with E-state index in [1.54, 1.807) is 10.6 Å². The topological polar surface area (TPSA) is 93.2 Å². The SMILES string of the molecule is CC(=O)N/C(=C/c1ccccc1)C(=O)OCCCn1c(=O)[nH]c2ccccc21. The number of nitrogens with zero attached hydrogens (tertiary/aromatic N) is 1. The molecule has 0 atom stereocenters. The van der Waals surface area contributed by atoms with Gasteiger partial charge in [-0.2, -0.15) is 0 Å². The molecule has 0 fully saturated rings. The first-order valence-corrected chi connectivity index (χ1v) is 8.93. The summed E-state index contributed by atoms with van der Waals surface area (Å²) in [4.78, 5) is 38.6. The van der Waals surface area contributed by atoms with Crippen LogP contribution in [0.1, 0.15) is 18.9 Å². The number of H-pyrrole nitrogens is 1. The molecule has 0 aliphatic heterocycles. The van der Waals surface area contributed by atoms with Gasteiger partial charge < -0.3 is 15.0 Å². The second-order valence-electron chi connectivity index (χ2n) is 6.24. The van der Waals surface area contributed by atoms with Crippen molar-refractivity contribution in [2.24, 2.45) is 0 Å². The molecule has 0 saturated carbocycles. The van der Waals surface area contributed by atoms with Crippen LogP contribution in [0.3, 0.4) is 0 Å². The Morgan fingerprint density at radius 1 is 1.11 bits per heavy atom. The van der Waals surface area contributed by atoms with Crippen molar-refractivity contribution < 1.29 is 14.3 Å². The van der Waals surface area contributed by atoms with E-state index in [1.807, 2.05) is 54.6 Å². The van der Waals surface area contributed by atoms with Crippen molar-refractivity contribution in [2.75, 3.05) is 6.61 Å². The summed E-state index contributed by atoms with van der Waals surface area (Å²) in [7, 11) is 0. The number of carbonyl (C=O) groups is 2. The fourth-order valence-electron chi connectivity index (χ4n) is 2.85. The van der Waals surface area contributed by atoms with E-state index in [0.717, 1.165) is 16.6 Å². The fraction of sp³-hybridized carbons (Fsp3) is 0.190. The molecule has 0 saturated heterocycles. The lowest BCUT2D eigenvalue weighted by Gasteiger charge is -2.09. The number of ether oxygens (including phenoxy) is 1. The predicted octanol–water partition coefficient (Wildman–Crippen LogP) is 2.44. The van der Waals surface area contributed by atoms with E-state index in [9.17, 15) is 14.4 Å². The van der Waals surface area contributed by atoms with Crippen molar-refractivity contribution in [1.29, 1.82) is 0 Å². The van der Waals surface area contributed by atoms with Gasteiger partial charge in [-0.05, 0) is 30.2 Å². The van der Waals surface area contributed by atoms with Gasteiger partial charge in [-0.1, -0.05) is 42.5 Å². The maximum atomic E-state index is 12.3. The van der Waals surface area contributed by atoms with Gasteiger partial charge in [0.15, 0.2) is 0 Å². The lowest BCUT2D eigenvalue weighted by atomic mass is 10.2. The van der Waals surface area contributed by atoms with E-state index in [4.69, 9.17) is 4.74 Å². The molecule has 0 bridgehead atoms. The van der Waals surface area contributed by atoms with Crippen LogP contribution in [0.4, 0.5) is 0 Å². The molecule has 3 rings (SSSR count). The van der Waals surface area contributed by atoms with Gasteiger partial charge in [0.1, 0.15) is 5.70 Å². The number of carbonyl (C=O) groups excluding carboxylic acids is 2. The summed E-state index contributed by atoms with van der Waals surface area (Å²) in [5.41, 5.74) is 2.22. The van der Waals surface area contributed by atoms with Crippen molar-refractivity contribution in [3.63, 3.8) is 0 Å². The smallest absolute Gasteiger partial charge is 0.354 e. The molecule has 0 radical (unpaired) electrons. The van der Waals surface area contributed by atoms with E-state index in [2.05, 4.69) is 10.3 Å². The number of fused-ring (bicyclic) bond motifs is 1. The molecule has 7 nitrogen and oxygen atoms in total. The van der Waals surface area contributed by atoms with Crippen LogP contribution in [0.15, 0.2) is 65.1 Å². The largest absolute Gasteiger partial charge is 0.461 e. The second-order valence-corrected chi connectivity index (χ2v) is 6.24. The van der Waals surface area contributed by atoms with Gasteiger partial charge in [0, 0.05) is 13.5 Å². The Morgan fingerprint density at radius 3 is 2.57 bits per heavy atom. The van der Waals surface area contributed by atoms with Gasteiger partial charge in [0.05, 0.1) is 17.6 Å². The number of benzene rings is 2. The summed E-state index contributed by atoms with van der Waals surface area (Å²) < 4.78 is 6.89. The molecular formula is C21H21N3O4. The van der Waals surface area contributed by atoms with Crippen LogP contribution < -0.4 is 11.0 Å². The molecule has 0 spiro atoms. The van der Waals surface area contributed by atoms with Crippen molar-refractivity contribution >= 4 is 29.0 Å². The van der Waals surface area contributed by atoms with Crippen LogP contribution in [0.5, 0.6) is 0 Å². The molecule has 7 heteroatoms. The Bertz CT molecular complexity index is 1060. The Balaban J connectivity index is 1.61. The minimum atomic E-state index is -0.620. The van der Waals surface area contributed by atoms with Gasteiger partial charge in [0.2, 0.25) is 5.91 Å². The highest BCUT2D eigenvalue weighted by atomic mass is 16.5. The molecule has 2 aromatic carbocycles. The van der Waals surface area contributed by atoms with Crippen LogP contribution in [-0.2, 0) is 20.9 Å². The van der Waals surface area contributed by atoms with Crippen LogP contribution in [0, 0.1) is 0 Å². The first-order chi connectivity index (χ1) is 13.5. The highest BCUT2D eigenvalue weighted by Gasteiger charge is 2.13. The Labute approximate surface area is 161 Å². The summed E-state index contributed by atoms with van der Waals surface area (Å²) >= 11 is 0. The third-order valence-corrected chi connectivity index (χ3v) is 4.08. The maximum Gasteiger partial charge on any atom is 0.354 e. The minimum Gasteiger partial charge on any atom is -0.461 e. The molecular weight excluding hydrogens is 358 g/mol. The van der Waals surface area contributed by atoms with E-state index in [-0.39, 0.29) is 23.9 Å². The molecule has 0 aliphatic carbocycles. The number of nitrogens with one attached hydrogen (secondary N) is 2. The molecule has 1 aromatic heterocycles. The molecule has 1 amide bonds. The molecule has 1 heterocycles. The molecule has 3 aromatic rings. The zero-order valence-electron chi connectivity index (χ0n) is 15.5. The van der Waals surface area contributed by atoms with E-state index >= 15 is 0 Å². The maximum absolute atomic E-state index is 12.3. The van der Waals surface area contributed by atoms with Crippen molar-refractivity contribution in [1.82, 2.24) is 14.9 Å². The lowest BCUT2D eigenvalue weighted by molar-refractivity contribution is -0.140. The third-order valence-electron chi connectivity index (χ3n) is 4.08. The van der Waals surface area contributed by atoms with Crippen molar-refractivity contribution in [3.8, 4) is 0 Å². The summed E-state index contributed by atoms with van der Waals surface area (Å²) in [6.45, 7) is 1.86. The van der Waals surface area contributed by atoms with Crippen LogP contribution in [0.2, 0.25) is 0 Å². The number of aromatic amines is 1. The molecule has 144 valence electrons. The van der Waals surface area contributed by atoms with Gasteiger partial charge >= 0.3 is 11.7 Å². The zero-order valence-corrected chi connectivity index (χ0v) is 15.5. The van der Waals surface area contributed by atoms with Gasteiger partial charge in [-0.25, -0.2) is 9.59 Å². The Morgan fingerprint density at radius 2 is 1.82 bits per heavy atom. The first kappa shape index (κ1) is 19.2. The van der Waals surface area contributed by atoms with Gasteiger partial charge in [-0.3, -0.25) is 9.36 Å². The number of aromatic nitrogens is 2. The van der Waals surface area contributed by atoms with E-state index in [1.165, 1.54) is 6.92 Å². The number of para-hydroxylation sites is 2. The van der Waals surface area contributed by atoms with Crippen molar-refractivity contribution in [3.05, 3.63) is 76.3 Å². The van der Waals surface area contributed by atoms with E-state index in [0.29, 0.717) is 13.0 Å². The highest BCUT2D eigenvalue weighted by Crippen LogP contribution is 2.10. The van der Waals surface area contributed by atoms with Gasteiger partial charge in [0.25, 0.3) is 0 Å². The minimum absolute atomic E-state index is 0.0722. The average molecular weight is 379 g/mol. The number of rotatable bonds is 7. The van der Waals surface area contributed by atoms with E-state index < -0.39 is 5.97 Å². The normalized spacial score (nSPS) is 11.4. The monoisotopic (exact) mass is 379 g/mol. The Kier molecular flexibility index (Phi) is 6.06. The quantitative estimate of drug-likeness (QED) is 0.375. The number of imidazole rings is 1. The summed E-state index contributed by atoms with van der Waals surface area (Å²) in [5.74, 6) is -0.977. The number of aryl methyl sites for hydroxylation is 1. The summed E-state index contributed by atoms with van der Waals surface area (Å²) in [6.07, 6.45) is 2.03. The number of esters is 1. The molecule has 0 aliphatic rings. The van der Waals surface area contributed by atoms with Crippen LogP contribution in [-0.4, -0.2) is 28.0 Å². The van der Waals surface area contributed by atoms with Gasteiger partial charge in [-0.15, -0.1) is 0 Å². The van der Waals surface area contributed by atoms with Crippen LogP contribution >= 0.6 is 0 Å². The lowest BCUT2D eigenvalue weighted by Crippen LogP contribution is -2.26. The summed E-state index contributed by atoms with van der Waals surface area (Å²) in [6, 6.07) is 16.6. The first-order valence-electron chi connectivity index (χ1n) is 8.93. The third kappa shape index (κ3) is 4.76. The second kappa shape index (κ2) is 8.85. The number of hydrogen-bond donors (Lipinski definition) is 2. The predicted molar refractivity (Wildman–Crippen MR) is 106 cm³/mol. The van der Waals surface area contributed by atoms with Crippen LogP contribution in [0.25, 0.3) is 17.1 Å². The standard InChI is InChI=1S/C21H21N3O4/c1-15(25)22-18(14-16-8-3-2-4-9-16)20(26)28-13-7-12-24-19-11-6-5-10-17(19)23-21(24)27/h2-6,8-11,14H,7,12-13H2,1H3,(H,22,25)(H,23,27)/b18-14+. The number of hydrogen-bond acceptors (Lipinski definition) is 4. The number of amides is 1. The fourth-order valence-corrected chi connectivity index (χ4v) is 2.85.